The van der Waals surface area contributed by atoms with E-state index in [1.54, 1.807) is 43.6 Å². The number of ether oxygens (including phenoxy) is 1. The maximum Gasteiger partial charge on any atom is 0.160 e. The highest BCUT2D eigenvalue weighted by Gasteiger charge is 2.22. The number of aromatic nitrogens is 3. The fraction of sp³-hybridized carbons (Fsp3) is 0.292. The second kappa shape index (κ2) is 9.13. The van der Waals surface area contributed by atoms with Crippen molar-refractivity contribution in [3.63, 3.8) is 0 Å². The van der Waals surface area contributed by atoms with E-state index in [0.29, 0.717) is 24.7 Å². The summed E-state index contributed by atoms with van der Waals surface area (Å²) in [5.74, 6) is 1.21. The van der Waals surface area contributed by atoms with Crippen LogP contribution in [0, 0.1) is 6.92 Å². The number of aryl methyl sites for hydroxylation is 1. The minimum Gasteiger partial charge on any atom is -0.488 e. The van der Waals surface area contributed by atoms with E-state index in [1.807, 2.05) is 18.2 Å². The molecule has 1 N–H and O–H groups in total. The Kier molecular flexibility index (Phi) is 6.46. The maximum absolute atomic E-state index is 10.2. The van der Waals surface area contributed by atoms with E-state index >= 15 is 0 Å². The predicted molar refractivity (Wildman–Crippen MR) is 131 cm³/mol. The number of aliphatic hydroxyl groups is 1. The van der Waals surface area contributed by atoms with Gasteiger partial charge in [-0.05, 0) is 73.3 Å². The number of thiophene rings is 1. The van der Waals surface area contributed by atoms with E-state index in [0.717, 1.165) is 27.3 Å². The SMILES string of the molecule is CC1=CC(OCc2csc(C)c2)=C(Br)CN1c1ccnc(-c2ccnc(C(C)(C)O)n2)c1. The summed E-state index contributed by atoms with van der Waals surface area (Å²) in [7, 11) is 0. The lowest BCUT2D eigenvalue weighted by Gasteiger charge is -2.30. The molecule has 0 spiro atoms. The Labute approximate surface area is 200 Å². The van der Waals surface area contributed by atoms with E-state index in [9.17, 15) is 5.11 Å². The van der Waals surface area contributed by atoms with Crippen LogP contribution in [0.5, 0.6) is 0 Å². The summed E-state index contributed by atoms with van der Waals surface area (Å²) in [5.41, 5.74) is 3.52. The predicted octanol–water partition coefficient (Wildman–Crippen LogP) is 5.68. The molecule has 0 amide bonds. The van der Waals surface area contributed by atoms with Crippen LogP contribution in [0.2, 0.25) is 0 Å². The van der Waals surface area contributed by atoms with Crippen molar-refractivity contribution in [2.75, 3.05) is 11.4 Å². The summed E-state index contributed by atoms with van der Waals surface area (Å²) >= 11 is 5.43. The molecule has 0 saturated carbocycles. The molecule has 0 aliphatic carbocycles. The van der Waals surface area contributed by atoms with Crippen LogP contribution >= 0.6 is 27.3 Å². The van der Waals surface area contributed by atoms with Gasteiger partial charge in [0.1, 0.15) is 18.0 Å². The lowest BCUT2D eigenvalue weighted by atomic mass is 10.1. The fourth-order valence-corrected chi connectivity index (χ4v) is 4.53. The third-order valence-corrected chi connectivity index (χ3v) is 6.58. The molecule has 6 nitrogen and oxygen atoms in total. The minimum atomic E-state index is -1.12. The molecule has 1 aliphatic rings. The van der Waals surface area contributed by atoms with Gasteiger partial charge in [-0.25, -0.2) is 9.97 Å². The molecule has 4 rings (SSSR count). The number of pyridine rings is 1. The van der Waals surface area contributed by atoms with Crippen LogP contribution in [-0.4, -0.2) is 26.6 Å². The quantitative estimate of drug-likeness (QED) is 0.457. The van der Waals surface area contributed by atoms with Gasteiger partial charge in [-0.3, -0.25) is 4.98 Å². The van der Waals surface area contributed by atoms with Crippen LogP contribution in [0.3, 0.4) is 0 Å². The van der Waals surface area contributed by atoms with Gasteiger partial charge < -0.3 is 14.7 Å². The zero-order chi connectivity index (χ0) is 22.9. The summed E-state index contributed by atoms with van der Waals surface area (Å²) in [6.07, 6.45) is 5.46. The zero-order valence-corrected chi connectivity index (χ0v) is 20.9. The average Bonchev–Trinajstić information content (AvgIpc) is 3.19. The topological polar surface area (TPSA) is 71.4 Å². The third kappa shape index (κ3) is 5.09. The van der Waals surface area contributed by atoms with E-state index < -0.39 is 5.60 Å². The second-order valence-electron chi connectivity index (χ2n) is 8.22. The number of rotatable bonds is 6. The highest BCUT2D eigenvalue weighted by atomic mass is 79.9. The highest BCUT2D eigenvalue weighted by molar-refractivity contribution is 9.11. The first-order valence-electron chi connectivity index (χ1n) is 10.2. The standard InChI is InChI=1S/C24H25BrN4O2S/c1-15-9-22(31-13-17-10-16(2)32-14-17)19(25)12-29(15)18-5-7-26-21(11-18)20-6-8-27-23(28-20)24(3,4)30/h5-11,14,30H,12-13H2,1-4H3. The molecular formula is C24H25BrN4O2S. The average molecular weight is 513 g/mol. The Morgan fingerprint density at radius 1 is 1.16 bits per heavy atom. The van der Waals surface area contributed by atoms with Crippen molar-refractivity contribution in [3.8, 4) is 11.4 Å². The van der Waals surface area contributed by atoms with Crippen LogP contribution in [0.1, 0.15) is 37.0 Å². The lowest BCUT2D eigenvalue weighted by Crippen LogP contribution is -2.26. The number of anilines is 1. The molecule has 166 valence electrons. The van der Waals surface area contributed by atoms with Crippen LogP contribution in [0.4, 0.5) is 5.69 Å². The largest absolute Gasteiger partial charge is 0.488 e. The molecule has 0 radical (unpaired) electrons. The number of hydrogen-bond acceptors (Lipinski definition) is 7. The molecule has 4 heterocycles. The van der Waals surface area contributed by atoms with E-state index in [1.165, 1.54) is 10.4 Å². The van der Waals surface area contributed by atoms with Crippen molar-refractivity contribution in [3.05, 3.63) is 80.3 Å². The van der Waals surface area contributed by atoms with E-state index in [-0.39, 0.29) is 0 Å². The Morgan fingerprint density at radius 3 is 2.66 bits per heavy atom. The van der Waals surface area contributed by atoms with Gasteiger partial charge in [-0.2, -0.15) is 0 Å². The van der Waals surface area contributed by atoms with Crippen molar-refractivity contribution in [2.45, 2.75) is 39.9 Å². The number of allylic oxidation sites excluding steroid dienone is 2. The molecule has 0 bridgehead atoms. The summed E-state index contributed by atoms with van der Waals surface area (Å²) in [6.45, 7) is 8.70. The van der Waals surface area contributed by atoms with E-state index in [4.69, 9.17) is 4.74 Å². The number of hydrogen-bond donors (Lipinski definition) is 1. The monoisotopic (exact) mass is 512 g/mol. The van der Waals surface area contributed by atoms with Gasteiger partial charge in [0.15, 0.2) is 5.82 Å². The first kappa shape index (κ1) is 22.6. The maximum atomic E-state index is 10.2. The van der Waals surface area contributed by atoms with Crippen molar-refractivity contribution >= 4 is 33.0 Å². The Morgan fingerprint density at radius 2 is 1.94 bits per heavy atom. The molecule has 3 aromatic rings. The van der Waals surface area contributed by atoms with Crippen LogP contribution in [0.25, 0.3) is 11.4 Å². The first-order valence-corrected chi connectivity index (χ1v) is 11.9. The van der Waals surface area contributed by atoms with Crippen LogP contribution in [-0.2, 0) is 16.9 Å². The van der Waals surface area contributed by atoms with Gasteiger partial charge >= 0.3 is 0 Å². The summed E-state index contributed by atoms with van der Waals surface area (Å²) in [6, 6.07) is 7.92. The third-order valence-electron chi connectivity index (χ3n) is 5.03. The van der Waals surface area contributed by atoms with Gasteiger partial charge in [0.2, 0.25) is 0 Å². The normalized spacial score (nSPS) is 14.6. The minimum absolute atomic E-state index is 0.365. The smallest absolute Gasteiger partial charge is 0.160 e. The van der Waals surface area contributed by atoms with Crippen molar-refractivity contribution in [2.24, 2.45) is 0 Å². The summed E-state index contributed by atoms with van der Waals surface area (Å²) < 4.78 is 7.06. The van der Waals surface area contributed by atoms with Gasteiger partial charge in [-0.1, -0.05) is 0 Å². The highest BCUT2D eigenvalue weighted by Crippen LogP contribution is 2.32. The molecular weight excluding hydrogens is 488 g/mol. The van der Waals surface area contributed by atoms with Crippen molar-refractivity contribution in [1.29, 1.82) is 0 Å². The second-order valence-corrected chi connectivity index (χ2v) is 10.3. The summed E-state index contributed by atoms with van der Waals surface area (Å²) in [4.78, 5) is 16.7. The molecule has 0 unspecified atom stereocenters. The van der Waals surface area contributed by atoms with Crippen LogP contribution < -0.4 is 4.90 Å². The molecule has 32 heavy (non-hydrogen) atoms. The molecule has 0 fully saturated rings. The summed E-state index contributed by atoms with van der Waals surface area (Å²) in [5, 5.41) is 12.4. The number of halogens is 1. The molecule has 0 saturated heterocycles. The Bertz CT molecular complexity index is 1200. The Balaban J connectivity index is 1.54. The van der Waals surface area contributed by atoms with Gasteiger partial charge in [0.25, 0.3) is 0 Å². The lowest BCUT2D eigenvalue weighted by molar-refractivity contribution is 0.0688. The molecule has 3 aromatic heterocycles. The number of nitrogens with zero attached hydrogens (tertiary/aromatic N) is 4. The molecule has 8 heteroatoms. The first-order chi connectivity index (χ1) is 15.2. The molecule has 0 atom stereocenters. The molecule has 0 aromatic carbocycles. The molecule has 1 aliphatic heterocycles. The zero-order valence-electron chi connectivity index (χ0n) is 18.5. The van der Waals surface area contributed by atoms with Crippen molar-refractivity contribution < 1.29 is 9.84 Å². The van der Waals surface area contributed by atoms with Gasteiger partial charge in [0.05, 0.1) is 22.4 Å². The Hall–Kier alpha value is -2.55. The van der Waals surface area contributed by atoms with Crippen molar-refractivity contribution in [1.82, 2.24) is 15.0 Å². The van der Waals surface area contributed by atoms with Gasteiger partial charge in [0, 0.05) is 40.3 Å². The van der Waals surface area contributed by atoms with Crippen LogP contribution in [0.15, 0.2) is 64.1 Å². The van der Waals surface area contributed by atoms with Gasteiger partial charge in [-0.15, -0.1) is 11.3 Å². The van der Waals surface area contributed by atoms with E-state index in [2.05, 4.69) is 61.1 Å². The fourth-order valence-electron chi connectivity index (χ4n) is 3.36.